The summed E-state index contributed by atoms with van der Waals surface area (Å²) < 4.78 is 0. The fourth-order valence-corrected chi connectivity index (χ4v) is 0.786. The average Bonchev–Trinajstić information content (AvgIpc) is 2.67. The summed E-state index contributed by atoms with van der Waals surface area (Å²) >= 11 is 0. The maximum atomic E-state index is 2.12. The van der Waals surface area contributed by atoms with E-state index in [0.717, 1.165) is 12.8 Å². The van der Waals surface area contributed by atoms with Gasteiger partial charge in [0.15, 0.2) is 0 Å². The third-order valence-corrected chi connectivity index (χ3v) is 1.31. The minimum Gasteiger partial charge on any atom is -0.0808 e. The Hall–Kier alpha value is -0.508. The van der Waals surface area contributed by atoms with Gasteiger partial charge < -0.3 is 0 Å². The van der Waals surface area contributed by atoms with Crippen LogP contribution in [0.4, 0.5) is 0 Å². The zero-order valence-corrected chi connectivity index (χ0v) is 7.72. The van der Waals surface area contributed by atoms with Gasteiger partial charge >= 0.3 is 17.4 Å². The Labute approximate surface area is 79.1 Å². The molecule has 55 valence electrons. The Morgan fingerprint density at radius 2 is 0.818 bits per heavy atom. The van der Waals surface area contributed by atoms with Crippen LogP contribution in [0.15, 0.2) is 48.6 Å². The molecule has 0 spiro atoms. The molecule has 0 heterocycles. The topological polar surface area (TPSA) is 0 Å². The van der Waals surface area contributed by atoms with E-state index < -0.39 is 0 Å². The van der Waals surface area contributed by atoms with E-state index in [-0.39, 0.29) is 17.4 Å². The van der Waals surface area contributed by atoms with Crippen molar-refractivity contribution in [3.8, 4) is 0 Å². The fraction of sp³-hybridized carbons (Fsp3) is 0.200. The van der Waals surface area contributed by atoms with E-state index in [4.69, 9.17) is 0 Å². The minimum absolute atomic E-state index is 0. The van der Waals surface area contributed by atoms with Gasteiger partial charge in [0.25, 0.3) is 0 Å². The molecule has 0 aliphatic heterocycles. The summed E-state index contributed by atoms with van der Waals surface area (Å²) in [6, 6.07) is 0. The van der Waals surface area contributed by atoms with E-state index in [1.165, 1.54) is 0 Å². The van der Waals surface area contributed by atoms with Gasteiger partial charge in [-0.2, -0.15) is 0 Å². The number of allylic oxidation sites excluding steroid dienone is 8. The first-order valence-electron chi connectivity index (χ1n) is 3.63. The molecule has 0 aromatic heterocycles. The van der Waals surface area contributed by atoms with Crippen molar-refractivity contribution in [3.63, 3.8) is 0 Å². The van der Waals surface area contributed by atoms with Crippen molar-refractivity contribution in [1.29, 1.82) is 0 Å². The second-order valence-electron chi connectivity index (χ2n) is 2.18. The van der Waals surface area contributed by atoms with Gasteiger partial charge in [-0.1, -0.05) is 48.6 Å². The van der Waals surface area contributed by atoms with Crippen molar-refractivity contribution >= 4 is 0 Å². The fourth-order valence-electron chi connectivity index (χ4n) is 0.786. The SMILES string of the molecule is C1=CCC=C1.C1=CCC=C1.[Cr+3]. The molecule has 0 bridgehead atoms. The Balaban J connectivity index is 0.000000167. The van der Waals surface area contributed by atoms with E-state index in [9.17, 15) is 0 Å². The van der Waals surface area contributed by atoms with Crippen LogP contribution in [-0.2, 0) is 17.4 Å². The molecule has 0 N–H and O–H groups in total. The maximum Gasteiger partial charge on any atom is 3.00 e. The van der Waals surface area contributed by atoms with Crippen LogP contribution in [0.2, 0.25) is 0 Å². The zero-order valence-electron chi connectivity index (χ0n) is 6.44. The van der Waals surface area contributed by atoms with Crippen molar-refractivity contribution < 1.29 is 17.4 Å². The second kappa shape index (κ2) is 7.60. The molecule has 0 nitrogen and oxygen atoms in total. The quantitative estimate of drug-likeness (QED) is 0.543. The van der Waals surface area contributed by atoms with Gasteiger partial charge in [0, 0.05) is 0 Å². The summed E-state index contributed by atoms with van der Waals surface area (Å²) in [5, 5.41) is 0. The van der Waals surface area contributed by atoms with Crippen molar-refractivity contribution in [2.24, 2.45) is 0 Å². The molecule has 0 unspecified atom stereocenters. The minimum atomic E-state index is 0. The Bertz CT molecular complexity index is 143. The number of hydrogen-bond acceptors (Lipinski definition) is 0. The van der Waals surface area contributed by atoms with Crippen molar-refractivity contribution in [2.45, 2.75) is 12.8 Å². The molecule has 1 radical (unpaired) electrons. The Morgan fingerprint density at radius 1 is 0.545 bits per heavy atom. The molecule has 0 saturated carbocycles. The van der Waals surface area contributed by atoms with Crippen LogP contribution >= 0.6 is 0 Å². The van der Waals surface area contributed by atoms with E-state index in [0.29, 0.717) is 0 Å². The van der Waals surface area contributed by atoms with Crippen LogP contribution in [-0.4, -0.2) is 0 Å². The molecule has 2 rings (SSSR count). The van der Waals surface area contributed by atoms with Crippen molar-refractivity contribution in [2.75, 3.05) is 0 Å². The van der Waals surface area contributed by atoms with Gasteiger partial charge in [-0.25, -0.2) is 0 Å². The summed E-state index contributed by atoms with van der Waals surface area (Å²) in [6.45, 7) is 0. The molecular weight excluding hydrogens is 172 g/mol. The molecule has 0 amide bonds. The van der Waals surface area contributed by atoms with E-state index in [1.807, 2.05) is 0 Å². The summed E-state index contributed by atoms with van der Waals surface area (Å²) in [4.78, 5) is 0. The van der Waals surface area contributed by atoms with Crippen LogP contribution in [0, 0.1) is 0 Å². The van der Waals surface area contributed by atoms with Gasteiger partial charge in [0.1, 0.15) is 0 Å². The van der Waals surface area contributed by atoms with Crippen LogP contribution in [0.5, 0.6) is 0 Å². The first-order chi connectivity index (χ1) is 5.00. The third kappa shape index (κ3) is 5.91. The summed E-state index contributed by atoms with van der Waals surface area (Å²) in [6.07, 6.45) is 19.0. The number of hydrogen-bond donors (Lipinski definition) is 0. The largest absolute Gasteiger partial charge is 3.00 e. The van der Waals surface area contributed by atoms with Crippen molar-refractivity contribution in [3.05, 3.63) is 48.6 Å². The molecule has 11 heavy (non-hydrogen) atoms. The first kappa shape index (κ1) is 10.5. The standard InChI is InChI=1S/2C5H6.Cr/c2*1-2-4-5-3-1;/h2*1-4H,5H2;/q;;+3. The van der Waals surface area contributed by atoms with Gasteiger partial charge in [-0.15, -0.1) is 0 Å². The predicted octanol–water partition coefficient (Wildman–Crippen LogP) is 3.00. The Morgan fingerprint density at radius 3 is 0.909 bits per heavy atom. The monoisotopic (exact) mass is 184 g/mol. The van der Waals surface area contributed by atoms with Crippen LogP contribution < -0.4 is 0 Å². The molecule has 0 aromatic rings. The second-order valence-corrected chi connectivity index (χ2v) is 2.18. The third-order valence-electron chi connectivity index (χ3n) is 1.31. The average molecular weight is 184 g/mol. The summed E-state index contributed by atoms with van der Waals surface area (Å²) in [7, 11) is 0. The van der Waals surface area contributed by atoms with Crippen LogP contribution in [0.3, 0.4) is 0 Å². The molecule has 0 saturated heterocycles. The molecule has 1 heteroatoms. The maximum absolute atomic E-state index is 2.12. The van der Waals surface area contributed by atoms with E-state index in [1.54, 1.807) is 0 Å². The van der Waals surface area contributed by atoms with Gasteiger partial charge in [0.2, 0.25) is 0 Å². The van der Waals surface area contributed by atoms with Gasteiger partial charge in [-0.05, 0) is 12.8 Å². The predicted molar refractivity (Wildman–Crippen MR) is 45.8 cm³/mol. The van der Waals surface area contributed by atoms with Crippen molar-refractivity contribution in [1.82, 2.24) is 0 Å². The smallest absolute Gasteiger partial charge is 0.0808 e. The van der Waals surface area contributed by atoms with E-state index in [2.05, 4.69) is 48.6 Å². The van der Waals surface area contributed by atoms with Crippen LogP contribution in [0.25, 0.3) is 0 Å². The molecule has 2 aliphatic rings. The van der Waals surface area contributed by atoms with Crippen LogP contribution in [0.1, 0.15) is 12.8 Å². The molecule has 0 fully saturated rings. The molecule has 0 aromatic carbocycles. The molecule has 2 aliphatic carbocycles. The zero-order chi connectivity index (χ0) is 7.07. The van der Waals surface area contributed by atoms with E-state index >= 15 is 0 Å². The number of rotatable bonds is 0. The first-order valence-corrected chi connectivity index (χ1v) is 3.63. The normalized spacial score (nSPS) is 16.0. The van der Waals surface area contributed by atoms with Gasteiger partial charge in [0.05, 0.1) is 0 Å². The molecule has 0 atom stereocenters. The Kier molecular flexibility index (Phi) is 7.25. The van der Waals surface area contributed by atoms with Gasteiger partial charge in [-0.3, -0.25) is 0 Å². The molecular formula is C10H12Cr+3. The summed E-state index contributed by atoms with van der Waals surface area (Å²) in [5.41, 5.74) is 0. The summed E-state index contributed by atoms with van der Waals surface area (Å²) in [5.74, 6) is 0.